The van der Waals surface area contributed by atoms with E-state index < -0.39 is 10.0 Å². The Morgan fingerprint density at radius 2 is 1.44 bits per heavy atom. The highest BCUT2D eigenvalue weighted by Crippen LogP contribution is 2.40. The van der Waals surface area contributed by atoms with E-state index in [9.17, 15) is 13.2 Å². The lowest BCUT2D eigenvalue weighted by atomic mass is 10.1. The van der Waals surface area contributed by atoms with Gasteiger partial charge in [0.25, 0.3) is 5.91 Å². The highest BCUT2D eigenvalue weighted by molar-refractivity contribution is 7.89. The van der Waals surface area contributed by atoms with Crippen molar-refractivity contribution in [3.8, 4) is 11.5 Å². The van der Waals surface area contributed by atoms with Crippen molar-refractivity contribution in [3.05, 3.63) is 77.9 Å². The molecule has 3 aromatic carbocycles. The molecule has 0 spiro atoms. The van der Waals surface area contributed by atoms with Gasteiger partial charge in [0, 0.05) is 32.9 Å². The van der Waals surface area contributed by atoms with Crippen LogP contribution in [0.5, 0.6) is 11.5 Å². The maximum atomic E-state index is 14.0. The molecule has 1 heterocycles. The fourth-order valence-corrected chi connectivity index (χ4v) is 6.67. The van der Waals surface area contributed by atoms with E-state index in [1.807, 2.05) is 30.3 Å². The summed E-state index contributed by atoms with van der Waals surface area (Å²) in [5, 5.41) is 0.457. The summed E-state index contributed by atoms with van der Waals surface area (Å²) < 4.78 is 49.9. The Bertz CT molecular complexity index is 1510. The lowest BCUT2D eigenvalue weighted by Gasteiger charge is -2.22. The lowest BCUT2D eigenvalue weighted by Crippen LogP contribution is -2.36. The SMILES string of the molecule is COCCN(CCOC)S(=O)(=O)c1ccc(C(=O)N(Cc2ccccc2)c2nc3c(OC)ccc(OC)c3s2)cc1. The molecule has 12 heteroatoms. The molecule has 4 aromatic rings. The summed E-state index contributed by atoms with van der Waals surface area (Å²) in [7, 11) is 2.34. The smallest absolute Gasteiger partial charge is 0.260 e. The standard InChI is InChI=1S/C29H33N3O7S2/c1-36-18-16-31(17-19-37-2)41(34,35)23-12-10-22(11-13-23)28(33)32(20-21-8-6-5-7-9-21)29-30-26-24(38-3)14-15-25(39-4)27(26)40-29/h5-15H,16-20H2,1-4H3. The number of sulfonamides is 1. The van der Waals surface area contributed by atoms with Crippen LogP contribution in [0.25, 0.3) is 10.2 Å². The number of aromatic nitrogens is 1. The number of thiazole rings is 1. The summed E-state index contributed by atoms with van der Waals surface area (Å²) >= 11 is 1.32. The predicted molar refractivity (Wildman–Crippen MR) is 159 cm³/mol. The van der Waals surface area contributed by atoms with Gasteiger partial charge in [0.05, 0.1) is 38.9 Å². The van der Waals surface area contributed by atoms with Crippen LogP contribution >= 0.6 is 11.3 Å². The second-order valence-corrected chi connectivity index (χ2v) is 11.9. The molecule has 0 saturated carbocycles. The minimum Gasteiger partial charge on any atom is -0.495 e. The molecule has 0 aliphatic heterocycles. The van der Waals surface area contributed by atoms with Crippen molar-refractivity contribution in [2.45, 2.75) is 11.4 Å². The van der Waals surface area contributed by atoms with Gasteiger partial charge in [-0.15, -0.1) is 0 Å². The summed E-state index contributed by atoms with van der Waals surface area (Å²) in [5.74, 6) is 0.861. The second-order valence-electron chi connectivity index (χ2n) is 8.94. The number of fused-ring (bicyclic) bond motifs is 1. The molecular formula is C29H33N3O7S2. The molecule has 0 atom stereocenters. The third-order valence-electron chi connectivity index (χ3n) is 6.39. The van der Waals surface area contributed by atoms with Gasteiger partial charge in [-0.25, -0.2) is 13.4 Å². The first-order chi connectivity index (χ1) is 19.8. The van der Waals surface area contributed by atoms with Crippen molar-refractivity contribution in [2.24, 2.45) is 0 Å². The Morgan fingerprint density at radius 1 is 0.829 bits per heavy atom. The van der Waals surface area contributed by atoms with Crippen molar-refractivity contribution >= 4 is 42.6 Å². The summed E-state index contributed by atoms with van der Waals surface area (Å²) in [6, 6.07) is 19.1. The lowest BCUT2D eigenvalue weighted by molar-refractivity contribution is 0.0985. The van der Waals surface area contributed by atoms with Crippen LogP contribution in [0.3, 0.4) is 0 Å². The van der Waals surface area contributed by atoms with E-state index in [1.165, 1.54) is 54.1 Å². The van der Waals surface area contributed by atoms with Gasteiger partial charge in [-0.05, 0) is 42.0 Å². The van der Waals surface area contributed by atoms with Crippen LogP contribution in [0.15, 0.2) is 71.6 Å². The number of methoxy groups -OCH3 is 4. The number of carbonyl (C=O) groups is 1. The van der Waals surface area contributed by atoms with Gasteiger partial charge in [-0.1, -0.05) is 41.7 Å². The molecule has 41 heavy (non-hydrogen) atoms. The molecule has 1 amide bonds. The normalized spacial score (nSPS) is 11.6. The van der Waals surface area contributed by atoms with E-state index in [0.717, 1.165) is 10.3 Å². The number of amides is 1. The van der Waals surface area contributed by atoms with E-state index in [1.54, 1.807) is 31.3 Å². The minimum atomic E-state index is -3.83. The molecule has 0 unspecified atom stereocenters. The fraction of sp³-hybridized carbons (Fsp3) is 0.310. The van der Waals surface area contributed by atoms with Gasteiger partial charge >= 0.3 is 0 Å². The summed E-state index contributed by atoms with van der Waals surface area (Å²) in [4.78, 5) is 20.4. The van der Waals surface area contributed by atoms with Crippen LogP contribution in [0.2, 0.25) is 0 Å². The topological polar surface area (TPSA) is 108 Å². The van der Waals surface area contributed by atoms with E-state index in [0.29, 0.717) is 27.7 Å². The molecule has 10 nitrogen and oxygen atoms in total. The van der Waals surface area contributed by atoms with Crippen LogP contribution < -0.4 is 14.4 Å². The number of benzene rings is 3. The van der Waals surface area contributed by atoms with Crippen molar-refractivity contribution in [1.82, 2.24) is 9.29 Å². The monoisotopic (exact) mass is 599 g/mol. The molecule has 0 radical (unpaired) electrons. The Labute approximate surface area is 244 Å². The maximum Gasteiger partial charge on any atom is 0.260 e. The zero-order chi connectivity index (χ0) is 29.4. The van der Waals surface area contributed by atoms with Gasteiger partial charge < -0.3 is 18.9 Å². The highest BCUT2D eigenvalue weighted by Gasteiger charge is 2.27. The first-order valence-corrected chi connectivity index (χ1v) is 15.0. The Kier molecular flexibility index (Phi) is 10.3. The number of anilines is 1. The van der Waals surface area contributed by atoms with Crippen LogP contribution in [-0.2, 0) is 26.0 Å². The third kappa shape index (κ3) is 6.85. The zero-order valence-corrected chi connectivity index (χ0v) is 25.0. The quantitative estimate of drug-likeness (QED) is 0.209. The van der Waals surface area contributed by atoms with Gasteiger partial charge in [-0.2, -0.15) is 4.31 Å². The number of rotatable bonds is 14. The first kappa shape index (κ1) is 30.4. The Morgan fingerprint density at radius 3 is 2.02 bits per heavy atom. The van der Waals surface area contributed by atoms with Crippen molar-refractivity contribution in [1.29, 1.82) is 0 Å². The van der Waals surface area contributed by atoms with Gasteiger partial charge in [0.1, 0.15) is 21.7 Å². The molecule has 0 saturated heterocycles. The maximum absolute atomic E-state index is 14.0. The van der Waals surface area contributed by atoms with E-state index >= 15 is 0 Å². The average molecular weight is 600 g/mol. The van der Waals surface area contributed by atoms with Gasteiger partial charge in [0.15, 0.2) is 5.13 Å². The van der Waals surface area contributed by atoms with Gasteiger partial charge in [-0.3, -0.25) is 9.69 Å². The number of hydrogen-bond acceptors (Lipinski definition) is 9. The van der Waals surface area contributed by atoms with Crippen LogP contribution in [0.4, 0.5) is 5.13 Å². The molecule has 1 aromatic heterocycles. The largest absolute Gasteiger partial charge is 0.495 e. The number of hydrogen-bond donors (Lipinski definition) is 0. The molecule has 0 fully saturated rings. The van der Waals surface area contributed by atoms with Gasteiger partial charge in [0.2, 0.25) is 10.0 Å². The molecule has 4 rings (SSSR count). The number of ether oxygens (including phenoxy) is 4. The molecule has 0 bridgehead atoms. The second kappa shape index (κ2) is 13.9. The molecule has 0 aliphatic rings. The third-order valence-corrected chi connectivity index (χ3v) is 9.39. The Hall–Kier alpha value is -3.55. The molecule has 0 aliphatic carbocycles. The van der Waals surface area contributed by atoms with Crippen molar-refractivity contribution in [2.75, 3.05) is 59.6 Å². The molecule has 218 valence electrons. The fourth-order valence-electron chi connectivity index (χ4n) is 4.19. The first-order valence-electron chi connectivity index (χ1n) is 12.8. The Balaban J connectivity index is 1.70. The van der Waals surface area contributed by atoms with E-state index in [-0.39, 0.29) is 43.7 Å². The van der Waals surface area contributed by atoms with Crippen LogP contribution in [0.1, 0.15) is 15.9 Å². The molecular weight excluding hydrogens is 566 g/mol. The summed E-state index contributed by atoms with van der Waals surface area (Å²) in [6.07, 6.45) is 0. The van der Waals surface area contributed by atoms with Crippen LogP contribution in [-0.4, -0.2) is 78.4 Å². The number of carbonyl (C=O) groups excluding carboxylic acids is 1. The summed E-state index contributed by atoms with van der Waals surface area (Å²) in [6.45, 7) is 1.10. The number of nitrogens with zero attached hydrogens (tertiary/aromatic N) is 3. The van der Waals surface area contributed by atoms with E-state index in [2.05, 4.69) is 0 Å². The van der Waals surface area contributed by atoms with Crippen molar-refractivity contribution in [3.63, 3.8) is 0 Å². The zero-order valence-electron chi connectivity index (χ0n) is 23.4. The molecule has 0 N–H and O–H groups in total. The highest BCUT2D eigenvalue weighted by atomic mass is 32.2. The minimum absolute atomic E-state index is 0.0744. The van der Waals surface area contributed by atoms with Crippen molar-refractivity contribution < 1.29 is 32.2 Å². The van der Waals surface area contributed by atoms with Crippen LogP contribution in [0, 0.1) is 0 Å². The predicted octanol–water partition coefficient (Wildman–Crippen LogP) is 4.44. The average Bonchev–Trinajstić information content (AvgIpc) is 3.45. The van der Waals surface area contributed by atoms with E-state index in [4.69, 9.17) is 23.9 Å². The summed E-state index contributed by atoms with van der Waals surface area (Å²) in [5.41, 5.74) is 1.81.